The van der Waals surface area contributed by atoms with Crippen LogP contribution in [0.1, 0.15) is 29.0 Å². The smallest absolute Gasteiger partial charge is 0.356 e. The van der Waals surface area contributed by atoms with E-state index in [1.165, 1.54) is 0 Å². The molecular weight excluding hydrogens is 234 g/mol. The van der Waals surface area contributed by atoms with Gasteiger partial charge >= 0.3 is 11.7 Å². The lowest BCUT2D eigenvalue weighted by atomic mass is 10.1. The molecule has 6 heteroatoms. The Kier molecular flexibility index (Phi) is 2.93. The molecule has 0 fully saturated rings. The Morgan fingerprint density at radius 2 is 2.00 bits per heavy atom. The van der Waals surface area contributed by atoms with E-state index in [4.69, 9.17) is 10.8 Å². The molecule has 0 saturated heterocycles. The summed E-state index contributed by atoms with van der Waals surface area (Å²) in [5.74, 6) is -1.36. The fraction of sp³-hybridized carbons (Fsp3) is 0.167. The van der Waals surface area contributed by atoms with Crippen molar-refractivity contribution >= 4 is 11.8 Å². The summed E-state index contributed by atoms with van der Waals surface area (Å²) in [6.07, 6.45) is 0. The number of anilines is 1. The molecule has 1 atom stereocenters. The highest BCUT2D eigenvalue weighted by Crippen LogP contribution is 2.19. The predicted molar refractivity (Wildman–Crippen MR) is 66.7 cm³/mol. The number of aromatic amines is 1. The van der Waals surface area contributed by atoms with E-state index in [1.54, 1.807) is 6.92 Å². The van der Waals surface area contributed by atoms with Crippen LogP contribution in [-0.4, -0.2) is 20.6 Å². The summed E-state index contributed by atoms with van der Waals surface area (Å²) in [6.45, 7) is 1.75. The Morgan fingerprint density at radius 1 is 1.39 bits per heavy atom. The number of nitrogens with zero attached hydrogens (tertiary/aromatic N) is 1. The van der Waals surface area contributed by atoms with Gasteiger partial charge in [-0.05, 0) is 12.5 Å². The van der Waals surface area contributed by atoms with Gasteiger partial charge in [0, 0.05) is 0 Å². The SMILES string of the molecule is CC(c1ccccc1)n1c(C(=O)O)c(N)[nH]c1=O. The van der Waals surface area contributed by atoms with Gasteiger partial charge in [0.1, 0.15) is 5.82 Å². The number of H-pyrrole nitrogens is 1. The first kappa shape index (κ1) is 12.0. The normalized spacial score (nSPS) is 12.3. The number of nitrogens with one attached hydrogen (secondary N) is 1. The van der Waals surface area contributed by atoms with E-state index < -0.39 is 17.7 Å². The molecule has 1 aromatic carbocycles. The number of hydrogen-bond acceptors (Lipinski definition) is 3. The van der Waals surface area contributed by atoms with Gasteiger partial charge in [-0.3, -0.25) is 9.55 Å². The van der Waals surface area contributed by atoms with Crippen molar-refractivity contribution in [3.8, 4) is 0 Å². The zero-order valence-electron chi connectivity index (χ0n) is 9.75. The molecule has 4 N–H and O–H groups in total. The van der Waals surface area contributed by atoms with Crippen LogP contribution in [0.4, 0.5) is 5.82 Å². The fourth-order valence-electron chi connectivity index (χ4n) is 1.93. The highest BCUT2D eigenvalue weighted by atomic mass is 16.4. The molecule has 94 valence electrons. The zero-order valence-corrected chi connectivity index (χ0v) is 9.75. The number of carboxylic acid groups (broad SMARTS) is 1. The summed E-state index contributed by atoms with van der Waals surface area (Å²) in [5.41, 5.74) is 5.60. The van der Waals surface area contributed by atoms with Gasteiger partial charge in [0.25, 0.3) is 0 Å². The molecule has 1 unspecified atom stereocenters. The van der Waals surface area contributed by atoms with Gasteiger partial charge in [0.2, 0.25) is 0 Å². The number of carbonyl (C=O) groups is 1. The summed E-state index contributed by atoms with van der Waals surface area (Å²) >= 11 is 0. The molecule has 2 aromatic rings. The van der Waals surface area contributed by atoms with Gasteiger partial charge in [-0.2, -0.15) is 0 Å². The Morgan fingerprint density at radius 3 is 2.56 bits per heavy atom. The summed E-state index contributed by atoms with van der Waals surface area (Å²) < 4.78 is 1.15. The Bertz CT molecular complexity index is 628. The van der Waals surface area contributed by atoms with Gasteiger partial charge < -0.3 is 10.8 Å². The highest BCUT2D eigenvalue weighted by Gasteiger charge is 2.22. The lowest BCUT2D eigenvalue weighted by molar-refractivity contribution is 0.0685. The fourth-order valence-corrected chi connectivity index (χ4v) is 1.93. The molecular formula is C12H13N3O3. The third-order valence-corrected chi connectivity index (χ3v) is 2.83. The Hall–Kier alpha value is -2.50. The number of imidazole rings is 1. The zero-order chi connectivity index (χ0) is 13.3. The minimum atomic E-state index is -1.23. The molecule has 0 aliphatic rings. The van der Waals surface area contributed by atoms with E-state index >= 15 is 0 Å². The third kappa shape index (κ3) is 1.88. The second-order valence-electron chi connectivity index (χ2n) is 3.95. The average Bonchev–Trinajstić information content (AvgIpc) is 2.64. The Balaban J connectivity index is 2.58. The molecule has 6 nitrogen and oxygen atoms in total. The first-order valence-electron chi connectivity index (χ1n) is 5.40. The molecule has 2 rings (SSSR count). The maximum Gasteiger partial charge on any atom is 0.356 e. The number of benzene rings is 1. The molecule has 18 heavy (non-hydrogen) atoms. The summed E-state index contributed by atoms with van der Waals surface area (Å²) in [7, 11) is 0. The number of nitrogens with two attached hydrogens (primary N) is 1. The topological polar surface area (TPSA) is 101 Å². The van der Waals surface area contributed by atoms with Crippen LogP contribution in [0.2, 0.25) is 0 Å². The van der Waals surface area contributed by atoms with E-state index in [1.807, 2.05) is 30.3 Å². The number of aromatic carboxylic acids is 1. The van der Waals surface area contributed by atoms with Crippen molar-refractivity contribution in [2.75, 3.05) is 5.73 Å². The lowest BCUT2D eigenvalue weighted by Gasteiger charge is -2.14. The maximum absolute atomic E-state index is 11.7. The first-order valence-corrected chi connectivity index (χ1v) is 5.40. The van der Waals surface area contributed by atoms with Crippen molar-refractivity contribution in [2.24, 2.45) is 0 Å². The van der Waals surface area contributed by atoms with Crippen molar-refractivity contribution in [3.63, 3.8) is 0 Å². The van der Waals surface area contributed by atoms with Gasteiger partial charge in [-0.25, -0.2) is 9.59 Å². The van der Waals surface area contributed by atoms with Crippen molar-refractivity contribution in [1.82, 2.24) is 9.55 Å². The van der Waals surface area contributed by atoms with Crippen LogP contribution in [0.15, 0.2) is 35.1 Å². The van der Waals surface area contributed by atoms with Crippen LogP contribution >= 0.6 is 0 Å². The largest absolute Gasteiger partial charge is 0.476 e. The van der Waals surface area contributed by atoms with E-state index in [9.17, 15) is 9.59 Å². The maximum atomic E-state index is 11.7. The summed E-state index contributed by atoms with van der Waals surface area (Å²) in [4.78, 5) is 25.2. The van der Waals surface area contributed by atoms with Gasteiger partial charge in [0.15, 0.2) is 5.69 Å². The van der Waals surface area contributed by atoms with Crippen molar-refractivity contribution in [1.29, 1.82) is 0 Å². The number of rotatable bonds is 3. The van der Waals surface area contributed by atoms with E-state index in [0.29, 0.717) is 0 Å². The van der Waals surface area contributed by atoms with Crippen molar-refractivity contribution in [3.05, 3.63) is 52.1 Å². The minimum Gasteiger partial charge on any atom is -0.476 e. The Labute approximate surface area is 103 Å². The number of aromatic nitrogens is 2. The average molecular weight is 247 g/mol. The highest BCUT2D eigenvalue weighted by molar-refractivity contribution is 5.90. The molecule has 0 amide bonds. The van der Waals surface area contributed by atoms with Crippen molar-refractivity contribution < 1.29 is 9.90 Å². The third-order valence-electron chi connectivity index (χ3n) is 2.83. The van der Waals surface area contributed by atoms with Gasteiger partial charge in [-0.1, -0.05) is 30.3 Å². The molecule has 0 bridgehead atoms. The second kappa shape index (κ2) is 4.40. The molecule has 0 radical (unpaired) electrons. The molecule has 0 spiro atoms. The molecule has 0 saturated carbocycles. The van der Waals surface area contributed by atoms with Crippen LogP contribution in [0.25, 0.3) is 0 Å². The summed E-state index contributed by atoms with van der Waals surface area (Å²) in [5, 5.41) is 9.10. The van der Waals surface area contributed by atoms with Crippen LogP contribution in [-0.2, 0) is 0 Å². The van der Waals surface area contributed by atoms with Gasteiger partial charge in [0.05, 0.1) is 6.04 Å². The van der Waals surface area contributed by atoms with Crippen LogP contribution in [0.5, 0.6) is 0 Å². The molecule has 0 aliphatic carbocycles. The van der Waals surface area contributed by atoms with Crippen LogP contribution in [0.3, 0.4) is 0 Å². The van der Waals surface area contributed by atoms with E-state index in [0.717, 1.165) is 10.1 Å². The number of carboxylic acids is 1. The lowest BCUT2D eigenvalue weighted by Crippen LogP contribution is -2.25. The first-order chi connectivity index (χ1) is 8.52. The molecule has 0 aliphatic heterocycles. The van der Waals surface area contributed by atoms with Crippen LogP contribution in [0, 0.1) is 0 Å². The number of hydrogen-bond donors (Lipinski definition) is 3. The second-order valence-corrected chi connectivity index (χ2v) is 3.95. The predicted octanol–water partition coefficient (Wildman–Crippen LogP) is 1.07. The standard InChI is InChI=1S/C12H13N3O3/c1-7(8-5-3-2-4-6-8)15-9(11(16)17)10(13)14-12(15)18/h2-7H,13H2,1H3,(H,14,18)(H,16,17). The van der Waals surface area contributed by atoms with Gasteiger partial charge in [-0.15, -0.1) is 0 Å². The molecule has 1 heterocycles. The van der Waals surface area contributed by atoms with Crippen LogP contribution < -0.4 is 11.4 Å². The monoisotopic (exact) mass is 247 g/mol. The van der Waals surface area contributed by atoms with E-state index in [2.05, 4.69) is 4.98 Å². The number of nitrogen functional groups attached to an aromatic ring is 1. The quantitative estimate of drug-likeness (QED) is 0.754. The molecule has 1 aromatic heterocycles. The van der Waals surface area contributed by atoms with Crippen molar-refractivity contribution in [2.45, 2.75) is 13.0 Å². The minimum absolute atomic E-state index is 0.129. The van der Waals surface area contributed by atoms with E-state index in [-0.39, 0.29) is 11.5 Å². The summed E-state index contributed by atoms with van der Waals surface area (Å²) in [6, 6.07) is 8.75.